The number of allylic oxidation sites excluding steroid dienone is 4. The van der Waals surface area contributed by atoms with Crippen molar-refractivity contribution >= 4 is 35.3 Å². The van der Waals surface area contributed by atoms with Gasteiger partial charge in [-0.15, -0.1) is 0 Å². The number of rotatable bonds is 18. The second-order valence-corrected chi connectivity index (χ2v) is 12.7. The molecule has 0 heterocycles. The number of nitrogens with zero attached hydrogens (tertiary/aromatic N) is 2. The molecule has 5 aromatic carbocycles. The Hall–Kier alpha value is -7.20. The van der Waals surface area contributed by atoms with Crippen LogP contribution in [0.5, 0.6) is 34.5 Å². The van der Waals surface area contributed by atoms with E-state index in [9.17, 15) is 9.59 Å². The Balaban J connectivity index is 1.48. The molecule has 0 saturated heterocycles. The van der Waals surface area contributed by atoms with Crippen molar-refractivity contribution in [3.63, 3.8) is 0 Å². The Kier molecular flexibility index (Phi) is 15.3. The number of para-hydroxylation sites is 2. The highest BCUT2D eigenvalue weighted by Gasteiger charge is 2.23. The Morgan fingerprint density at radius 1 is 0.448 bits per heavy atom. The number of carbonyl (C=O) groups is 2. The van der Waals surface area contributed by atoms with Gasteiger partial charge in [0.05, 0.1) is 67.1 Å². The zero-order valence-corrected chi connectivity index (χ0v) is 33.6. The molecule has 0 unspecified atom stereocenters. The van der Waals surface area contributed by atoms with E-state index in [1.165, 1.54) is 12.2 Å². The Morgan fingerprint density at radius 2 is 0.776 bits per heavy atom. The largest absolute Gasteiger partial charge is 0.493 e. The Labute approximate surface area is 340 Å². The number of carbonyl (C=O) groups excluding carboxylic acids is 2. The SMILES string of the molecule is COc1cc(C=CC=CC(=O)N(Cc2ccccc2)c2ccccc2N(Cc2ccccc2)C(=O)C=CC=Cc2cc(OC)c(OC)c(OC)c2)cc(OC)c1OC. The fourth-order valence-corrected chi connectivity index (χ4v) is 6.20. The van der Waals surface area contributed by atoms with Crippen molar-refractivity contribution in [2.45, 2.75) is 13.1 Å². The molecular formula is C48H48N2O8. The minimum atomic E-state index is -0.276. The molecule has 5 rings (SSSR count). The van der Waals surface area contributed by atoms with Crippen molar-refractivity contribution in [2.24, 2.45) is 0 Å². The molecule has 0 aliphatic rings. The minimum absolute atomic E-state index is 0.262. The zero-order chi connectivity index (χ0) is 41.3. The molecule has 0 saturated carbocycles. The lowest BCUT2D eigenvalue weighted by Gasteiger charge is -2.29. The number of hydrogen-bond acceptors (Lipinski definition) is 8. The van der Waals surface area contributed by atoms with Gasteiger partial charge in [0.15, 0.2) is 23.0 Å². The summed E-state index contributed by atoms with van der Waals surface area (Å²) >= 11 is 0. The van der Waals surface area contributed by atoms with E-state index in [0.717, 1.165) is 22.3 Å². The fraction of sp³-hybridized carbons (Fsp3) is 0.167. The predicted octanol–water partition coefficient (Wildman–Crippen LogP) is 9.34. The van der Waals surface area contributed by atoms with Crippen LogP contribution < -0.4 is 38.2 Å². The van der Waals surface area contributed by atoms with Crippen molar-refractivity contribution in [2.75, 3.05) is 52.5 Å². The third-order valence-electron chi connectivity index (χ3n) is 9.01. The molecule has 2 amide bonds. The van der Waals surface area contributed by atoms with Gasteiger partial charge >= 0.3 is 0 Å². The smallest absolute Gasteiger partial charge is 0.251 e. The Morgan fingerprint density at radius 3 is 1.09 bits per heavy atom. The van der Waals surface area contributed by atoms with Crippen LogP contribution in [-0.2, 0) is 22.7 Å². The summed E-state index contributed by atoms with van der Waals surface area (Å²) in [7, 11) is 9.34. The molecule has 0 aliphatic heterocycles. The van der Waals surface area contributed by atoms with E-state index in [-0.39, 0.29) is 24.9 Å². The van der Waals surface area contributed by atoms with Crippen LogP contribution in [0.3, 0.4) is 0 Å². The maximum Gasteiger partial charge on any atom is 0.251 e. The van der Waals surface area contributed by atoms with Gasteiger partial charge in [-0.05, 0) is 58.7 Å². The number of benzene rings is 5. The maximum absolute atomic E-state index is 14.2. The second kappa shape index (κ2) is 21.2. The van der Waals surface area contributed by atoms with Crippen molar-refractivity contribution in [3.8, 4) is 34.5 Å². The average Bonchev–Trinajstić information content (AvgIpc) is 3.27. The summed E-state index contributed by atoms with van der Waals surface area (Å²) in [5, 5.41) is 0. The van der Waals surface area contributed by atoms with Crippen LogP contribution >= 0.6 is 0 Å². The zero-order valence-electron chi connectivity index (χ0n) is 33.6. The third-order valence-corrected chi connectivity index (χ3v) is 9.01. The van der Waals surface area contributed by atoms with Crippen molar-refractivity contribution < 1.29 is 38.0 Å². The van der Waals surface area contributed by atoms with Gasteiger partial charge in [0.1, 0.15) is 0 Å². The van der Waals surface area contributed by atoms with Gasteiger partial charge in [-0.3, -0.25) is 9.59 Å². The molecule has 0 N–H and O–H groups in total. The molecule has 5 aromatic rings. The molecule has 0 aliphatic carbocycles. The van der Waals surface area contributed by atoms with Crippen LogP contribution in [-0.4, -0.2) is 54.5 Å². The lowest BCUT2D eigenvalue weighted by atomic mass is 10.1. The van der Waals surface area contributed by atoms with E-state index in [2.05, 4.69) is 0 Å². The summed E-state index contributed by atoms with van der Waals surface area (Å²) < 4.78 is 32.8. The highest BCUT2D eigenvalue weighted by atomic mass is 16.5. The summed E-state index contributed by atoms with van der Waals surface area (Å²) in [6.07, 6.45) is 13.6. The van der Waals surface area contributed by atoms with Crippen LogP contribution in [0.2, 0.25) is 0 Å². The summed E-state index contributed by atoms with van der Waals surface area (Å²) in [5.74, 6) is 2.51. The normalized spacial score (nSPS) is 11.3. The van der Waals surface area contributed by atoms with Gasteiger partial charge in [0, 0.05) is 12.2 Å². The first-order chi connectivity index (χ1) is 28.3. The first kappa shape index (κ1) is 42.0. The molecule has 10 heteroatoms. The standard InChI is InChI=1S/C48H48N2O8/c1-53-41-29-37(30-42(54-2)47(41)57-5)23-13-17-27-45(51)49(33-35-19-9-7-10-20-35)39-25-15-16-26-40(39)50(34-36-21-11-8-12-22-36)46(52)28-18-14-24-38-31-43(55-3)48(58-6)44(32-38)56-4/h7-32H,33-34H2,1-6H3. The lowest BCUT2D eigenvalue weighted by molar-refractivity contribution is -0.115. The number of anilines is 2. The third kappa shape index (κ3) is 10.8. The molecular weight excluding hydrogens is 733 g/mol. The second-order valence-electron chi connectivity index (χ2n) is 12.7. The van der Waals surface area contributed by atoms with Crippen LogP contribution in [0.15, 0.2) is 146 Å². The van der Waals surface area contributed by atoms with Gasteiger partial charge in [-0.25, -0.2) is 0 Å². The van der Waals surface area contributed by atoms with Crippen LogP contribution in [0.4, 0.5) is 11.4 Å². The molecule has 298 valence electrons. The van der Waals surface area contributed by atoms with Crippen molar-refractivity contribution in [3.05, 3.63) is 168 Å². The van der Waals surface area contributed by atoms with Gasteiger partial charge in [-0.2, -0.15) is 0 Å². The van der Waals surface area contributed by atoms with E-state index >= 15 is 0 Å². The van der Waals surface area contributed by atoms with E-state index in [1.807, 2.05) is 121 Å². The van der Waals surface area contributed by atoms with E-state index in [0.29, 0.717) is 45.9 Å². The predicted molar refractivity (Wildman–Crippen MR) is 230 cm³/mol. The van der Waals surface area contributed by atoms with E-state index in [1.54, 1.807) is 76.8 Å². The van der Waals surface area contributed by atoms with Crippen molar-refractivity contribution in [1.29, 1.82) is 0 Å². The summed E-state index contributed by atoms with van der Waals surface area (Å²) in [4.78, 5) is 31.8. The molecule has 0 aromatic heterocycles. The van der Waals surface area contributed by atoms with Gasteiger partial charge in [0.2, 0.25) is 11.5 Å². The molecule has 0 atom stereocenters. The fourth-order valence-electron chi connectivity index (χ4n) is 6.20. The summed E-state index contributed by atoms with van der Waals surface area (Å²) in [6.45, 7) is 0.525. The number of methoxy groups -OCH3 is 6. The lowest BCUT2D eigenvalue weighted by Crippen LogP contribution is -2.34. The van der Waals surface area contributed by atoms with E-state index in [4.69, 9.17) is 28.4 Å². The van der Waals surface area contributed by atoms with Gasteiger partial charge < -0.3 is 38.2 Å². The van der Waals surface area contributed by atoms with Gasteiger partial charge in [0.25, 0.3) is 11.8 Å². The monoisotopic (exact) mass is 780 g/mol. The first-order valence-electron chi connectivity index (χ1n) is 18.4. The molecule has 0 bridgehead atoms. The molecule has 10 nitrogen and oxygen atoms in total. The number of amides is 2. The molecule has 0 spiro atoms. The van der Waals surface area contributed by atoms with Crippen LogP contribution in [0, 0.1) is 0 Å². The minimum Gasteiger partial charge on any atom is -0.493 e. The highest BCUT2D eigenvalue weighted by Crippen LogP contribution is 2.40. The van der Waals surface area contributed by atoms with Crippen molar-refractivity contribution in [1.82, 2.24) is 0 Å². The van der Waals surface area contributed by atoms with E-state index < -0.39 is 0 Å². The first-order valence-corrected chi connectivity index (χ1v) is 18.4. The number of ether oxygens (including phenoxy) is 6. The highest BCUT2D eigenvalue weighted by molar-refractivity contribution is 6.08. The van der Waals surface area contributed by atoms with Crippen LogP contribution in [0.25, 0.3) is 12.2 Å². The Bertz CT molecular complexity index is 2050. The van der Waals surface area contributed by atoms with Gasteiger partial charge in [-0.1, -0.05) is 109 Å². The summed E-state index contributed by atoms with van der Waals surface area (Å²) in [5.41, 5.74) is 4.56. The molecule has 58 heavy (non-hydrogen) atoms. The topological polar surface area (TPSA) is 96.0 Å². The summed E-state index contributed by atoms with van der Waals surface area (Å²) in [6, 6.07) is 34.2. The molecule has 0 fully saturated rings. The maximum atomic E-state index is 14.2. The van der Waals surface area contributed by atoms with Crippen LogP contribution in [0.1, 0.15) is 22.3 Å². The number of hydrogen-bond donors (Lipinski definition) is 0. The quantitative estimate of drug-likeness (QED) is 0.0642. The average molecular weight is 781 g/mol. The molecule has 0 radical (unpaired) electrons.